The largest absolute Gasteiger partial charge is 0.0848 e. The molecule has 0 spiro atoms. The maximum absolute atomic E-state index is 2.14. The second-order valence-corrected chi connectivity index (χ2v) is 2.61. The average molecular weight is 158 g/mol. The van der Waals surface area contributed by atoms with E-state index in [1.54, 1.807) is 0 Å². The molecule has 1 aromatic rings. The molecule has 1 aromatic carbocycles. The van der Waals surface area contributed by atoms with E-state index in [0.717, 1.165) is 6.42 Å². The van der Waals surface area contributed by atoms with Crippen LogP contribution in [-0.4, -0.2) is 0 Å². The maximum Gasteiger partial charge on any atom is -0.0257 e. The van der Waals surface area contributed by atoms with Crippen LogP contribution in [0, 0.1) is 0 Å². The van der Waals surface area contributed by atoms with Crippen molar-refractivity contribution in [3.05, 3.63) is 54.1 Å². The van der Waals surface area contributed by atoms with E-state index in [2.05, 4.69) is 43.4 Å². The van der Waals surface area contributed by atoms with Crippen LogP contribution in [0.25, 0.3) is 6.08 Å². The van der Waals surface area contributed by atoms with Crippen molar-refractivity contribution in [3.8, 4) is 0 Å². The van der Waals surface area contributed by atoms with Gasteiger partial charge in [0, 0.05) is 0 Å². The van der Waals surface area contributed by atoms with Gasteiger partial charge in [0.2, 0.25) is 0 Å². The van der Waals surface area contributed by atoms with Gasteiger partial charge in [-0.1, -0.05) is 61.6 Å². The Balaban J connectivity index is 2.52. The van der Waals surface area contributed by atoms with Gasteiger partial charge in [-0.05, 0) is 12.0 Å². The predicted molar refractivity (Wildman–Crippen MR) is 54.9 cm³/mol. The number of benzene rings is 1. The van der Waals surface area contributed by atoms with Gasteiger partial charge in [-0.2, -0.15) is 0 Å². The van der Waals surface area contributed by atoms with Crippen molar-refractivity contribution in [1.82, 2.24) is 0 Å². The molecule has 0 unspecified atom stereocenters. The monoisotopic (exact) mass is 158 g/mol. The summed E-state index contributed by atoms with van der Waals surface area (Å²) in [4.78, 5) is 0. The highest BCUT2D eigenvalue weighted by Gasteiger charge is 1.78. The van der Waals surface area contributed by atoms with Crippen molar-refractivity contribution < 1.29 is 0 Å². The first kappa shape index (κ1) is 8.79. The minimum Gasteiger partial charge on any atom is -0.0848 e. The smallest absolute Gasteiger partial charge is 0.0257 e. The molecule has 0 N–H and O–H groups in total. The van der Waals surface area contributed by atoms with Gasteiger partial charge in [-0.15, -0.1) is 0 Å². The molecule has 0 amide bonds. The van der Waals surface area contributed by atoms with E-state index in [4.69, 9.17) is 0 Å². The Morgan fingerprint density at radius 1 is 1.08 bits per heavy atom. The van der Waals surface area contributed by atoms with Crippen molar-refractivity contribution >= 4 is 6.08 Å². The van der Waals surface area contributed by atoms with Gasteiger partial charge in [0.1, 0.15) is 0 Å². The molecular formula is C12H14. The molecule has 0 fully saturated rings. The summed E-state index contributed by atoms with van der Waals surface area (Å²) in [7, 11) is 0. The van der Waals surface area contributed by atoms with Crippen LogP contribution in [-0.2, 0) is 0 Å². The number of rotatable bonds is 3. The van der Waals surface area contributed by atoms with E-state index in [-0.39, 0.29) is 0 Å². The van der Waals surface area contributed by atoms with E-state index in [1.807, 2.05) is 18.2 Å². The van der Waals surface area contributed by atoms with Crippen molar-refractivity contribution in [2.24, 2.45) is 0 Å². The van der Waals surface area contributed by atoms with Crippen LogP contribution < -0.4 is 0 Å². The Kier molecular flexibility index (Phi) is 3.93. The Morgan fingerprint density at radius 2 is 1.83 bits per heavy atom. The second kappa shape index (κ2) is 5.36. The van der Waals surface area contributed by atoms with Crippen LogP contribution in [0.4, 0.5) is 0 Å². The van der Waals surface area contributed by atoms with E-state index in [1.165, 1.54) is 5.56 Å². The van der Waals surface area contributed by atoms with Crippen molar-refractivity contribution in [1.29, 1.82) is 0 Å². The molecule has 0 aliphatic rings. The Labute approximate surface area is 74.2 Å². The van der Waals surface area contributed by atoms with Crippen LogP contribution in [0.3, 0.4) is 0 Å². The van der Waals surface area contributed by atoms with E-state index < -0.39 is 0 Å². The van der Waals surface area contributed by atoms with Crippen LogP contribution in [0.1, 0.15) is 18.9 Å². The third-order valence-electron chi connectivity index (χ3n) is 1.57. The lowest BCUT2D eigenvalue weighted by Gasteiger charge is -1.87. The highest BCUT2D eigenvalue weighted by molar-refractivity contribution is 5.50. The Morgan fingerprint density at radius 3 is 2.50 bits per heavy atom. The van der Waals surface area contributed by atoms with Gasteiger partial charge in [-0.25, -0.2) is 0 Å². The van der Waals surface area contributed by atoms with Crippen LogP contribution in [0.5, 0.6) is 0 Å². The minimum atomic E-state index is 1.10. The van der Waals surface area contributed by atoms with E-state index >= 15 is 0 Å². The molecule has 0 heteroatoms. The standard InChI is InChI=1S/C12H14/c1-2-3-4-6-9-12-10-7-5-8-11-12/h3-11H,2H2,1H3. The fourth-order valence-corrected chi connectivity index (χ4v) is 0.945. The highest BCUT2D eigenvalue weighted by Crippen LogP contribution is 2.00. The fraction of sp³-hybridized carbons (Fsp3) is 0.167. The summed E-state index contributed by atoms with van der Waals surface area (Å²) in [6.07, 6.45) is 9.48. The molecule has 0 heterocycles. The highest BCUT2D eigenvalue weighted by atomic mass is 13.8. The first-order chi connectivity index (χ1) is 5.93. The molecule has 0 aliphatic heterocycles. The number of hydrogen-bond donors (Lipinski definition) is 0. The quantitative estimate of drug-likeness (QED) is 0.589. The summed E-state index contributed by atoms with van der Waals surface area (Å²) >= 11 is 0. The van der Waals surface area contributed by atoms with Gasteiger partial charge in [0.05, 0.1) is 0 Å². The topological polar surface area (TPSA) is 0 Å². The van der Waals surface area contributed by atoms with Crippen molar-refractivity contribution in [2.45, 2.75) is 13.3 Å². The molecule has 62 valence electrons. The zero-order valence-corrected chi connectivity index (χ0v) is 7.40. The molecule has 12 heavy (non-hydrogen) atoms. The normalized spacial score (nSPS) is 11.4. The van der Waals surface area contributed by atoms with Gasteiger partial charge < -0.3 is 0 Å². The summed E-state index contributed by atoms with van der Waals surface area (Å²) < 4.78 is 0. The van der Waals surface area contributed by atoms with Crippen LogP contribution in [0.2, 0.25) is 0 Å². The Hall–Kier alpha value is -1.30. The van der Waals surface area contributed by atoms with Gasteiger partial charge in [0.15, 0.2) is 0 Å². The van der Waals surface area contributed by atoms with E-state index in [0.29, 0.717) is 0 Å². The zero-order chi connectivity index (χ0) is 8.65. The molecule has 1 rings (SSSR count). The number of allylic oxidation sites excluding steroid dienone is 3. The summed E-state index contributed by atoms with van der Waals surface area (Å²) in [5.41, 5.74) is 1.25. The Bertz CT molecular complexity index is 255. The predicted octanol–water partition coefficient (Wildman–Crippen LogP) is 3.67. The van der Waals surface area contributed by atoms with E-state index in [9.17, 15) is 0 Å². The molecule has 0 aromatic heterocycles. The third kappa shape index (κ3) is 3.20. The van der Waals surface area contributed by atoms with Crippen LogP contribution in [0.15, 0.2) is 48.6 Å². The second-order valence-electron chi connectivity index (χ2n) is 2.61. The first-order valence-electron chi connectivity index (χ1n) is 4.31. The summed E-state index contributed by atoms with van der Waals surface area (Å²) in [5.74, 6) is 0. The maximum atomic E-state index is 2.14. The van der Waals surface area contributed by atoms with Crippen LogP contribution >= 0.6 is 0 Å². The van der Waals surface area contributed by atoms with Gasteiger partial charge >= 0.3 is 0 Å². The molecule has 0 saturated heterocycles. The van der Waals surface area contributed by atoms with Gasteiger partial charge in [-0.3, -0.25) is 0 Å². The summed E-state index contributed by atoms with van der Waals surface area (Å²) in [6.45, 7) is 2.13. The SMILES string of the molecule is CCC=CC=Cc1ccccc1. The number of hydrogen-bond acceptors (Lipinski definition) is 0. The lowest BCUT2D eigenvalue weighted by Crippen LogP contribution is -1.66. The van der Waals surface area contributed by atoms with Gasteiger partial charge in [0.25, 0.3) is 0 Å². The molecule has 0 saturated carbocycles. The van der Waals surface area contributed by atoms with Crippen molar-refractivity contribution in [3.63, 3.8) is 0 Å². The summed E-state index contributed by atoms with van der Waals surface area (Å²) in [6, 6.07) is 10.3. The first-order valence-corrected chi connectivity index (χ1v) is 4.31. The fourth-order valence-electron chi connectivity index (χ4n) is 0.945. The lowest BCUT2D eigenvalue weighted by molar-refractivity contribution is 1.22. The average Bonchev–Trinajstić information content (AvgIpc) is 2.14. The summed E-state index contributed by atoms with van der Waals surface area (Å²) in [5, 5.41) is 0. The zero-order valence-electron chi connectivity index (χ0n) is 7.40. The molecule has 0 bridgehead atoms. The lowest BCUT2D eigenvalue weighted by atomic mass is 10.2. The molecule has 0 atom stereocenters. The minimum absolute atomic E-state index is 1.10. The molecule has 0 nitrogen and oxygen atoms in total. The van der Waals surface area contributed by atoms with Crippen molar-refractivity contribution in [2.75, 3.05) is 0 Å². The molecular weight excluding hydrogens is 144 g/mol. The third-order valence-corrected chi connectivity index (χ3v) is 1.57. The molecule has 0 radical (unpaired) electrons. The molecule has 0 aliphatic carbocycles.